The molecule has 1 saturated carbocycles. The SMILES string of the molecule is O=C(O)[C@H]1[C@H](C(=O)Nc2ccn(Cc3c(F)cccc3Cl)n2)[C@H]2C=C[C@H]1C2. The number of carbonyl (C=O) groups is 2. The zero-order valence-electron chi connectivity index (χ0n) is 14.2. The number of carboxylic acids is 1. The molecule has 1 aromatic carbocycles. The number of fused-ring (bicyclic) bond motifs is 2. The van der Waals surface area contributed by atoms with Crippen LogP contribution in [-0.2, 0) is 16.1 Å². The zero-order valence-corrected chi connectivity index (χ0v) is 14.9. The van der Waals surface area contributed by atoms with Gasteiger partial charge in [0.25, 0.3) is 0 Å². The minimum atomic E-state index is -0.952. The molecule has 0 spiro atoms. The lowest BCUT2D eigenvalue weighted by Gasteiger charge is -2.23. The lowest BCUT2D eigenvalue weighted by Crippen LogP contribution is -2.36. The number of allylic oxidation sites excluding steroid dienone is 2. The Hall–Kier alpha value is -2.67. The molecular formula is C19H17ClFN3O3. The second kappa shape index (κ2) is 6.81. The lowest BCUT2D eigenvalue weighted by molar-refractivity contribution is -0.146. The molecule has 6 nitrogen and oxygen atoms in total. The smallest absolute Gasteiger partial charge is 0.307 e. The van der Waals surface area contributed by atoms with Gasteiger partial charge in [0.05, 0.1) is 18.4 Å². The van der Waals surface area contributed by atoms with Gasteiger partial charge >= 0.3 is 5.97 Å². The van der Waals surface area contributed by atoms with Crippen LogP contribution in [0.3, 0.4) is 0 Å². The molecule has 1 amide bonds. The molecule has 140 valence electrons. The number of anilines is 1. The summed E-state index contributed by atoms with van der Waals surface area (Å²) >= 11 is 6.03. The first-order chi connectivity index (χ1) is 12.9. The molecule has 0 unspecified atom stereocenters. The van der Waals surface area contributed by atoms with Crippen molar-refractivity contribution >= 4 is 29.3 Å². The van der Waals surface area contributed by atoms with Crippen molar-refractivity contribution in [2.75, 3.05) is 5.32 Å². The van der Waals surface area contributed by atoms with Gasteiger partial charge in [0.1, 0.15) is 5.82 Å². The molecule has 1 fully saturated rings. The van der Waals surface area contributed by atoms with Gasteiger partial charge in [-0.05, 0) is 30.4 Å². The number of amides is 1. The van der Waals surface area contributed by atoms with E-state index in [1.54, 1.807) is 18.3 Å². The van der Waals surface area contributed by atoms with E-state index in [2.05, 4.69) is 10.4 Å². The second-order valence-electron chi connectivity index (χ2n) is 6.93. The lowest BCUT2D eigenvalue weighted by atomic mass is 9.82. The van der Waals surface area contributed by atoms with Crippen LogP contribution in [0, 0.1) is 29.5 Å². The van der Waals surface area contributed by atoms with Crippen molar-refractivity contribution in [3.8, 4) is 0 Å². The predicted octanol–water partition coefficient (Wildman–Crippen LogP) is 3.19. The Morgan fingerprint density at radius 3 is 2.70 bits per heavy atom. The van der Waals surface area contributed by atoms with Crippen molar-refractivity contribution in [3.05, 3.63) is 59.0 Å². The topological polar surface area (TPSA) is 84.2 Å². The van der Waals surface area contributed by atoms with Crippen molar-refractivity contribution in [2.24, 2.45) is 23.7 Å². The van der Waals surface area contributed by atoms with E-state index in [-0.39, 0.29) is 24.3 Å². The molecule has 8 heteroatoms. The summed E-state index contributed by atoms with van der Waals surface area (Å²) in [6.45, 7) is 0.121. The summed E-state index contributed by atoms with van der Waals surface area (Å²) in [6, 6.07) is 6.03. The summed E-state index contributed by atoms with van der Waals surface area (Å²) in [5, 5.41) is 16.7. The minimum absolute atomic E-state index is 0.0598. The molecule has 2 bridgehead atoms. The van der Waals surface area contributed by atoms with Gasteiger partial charge in [-0.3, -0.25) is 14.3 Å². The van der Waals surface area contributed by atoms with Crippen molar-refractivity contribution < 1.29 is 19.1 Å². The number of nitrogens with one attached hydrogen (secondary N) is 1. The average Bonchev–Trinajstić information content (AvgIpc) is 3.33. The molecule has 27 heavy (non-hydrogen) atoms. The quantitative estimate of drug-likeness (QED) is 0.769. The molecule has 0 aliphatic heterocycles. The number of aromatic nitrogens is 2. The number of carbonyl (C=O) groups excluding carboxylic acids is 1. The summed E-state index contributed by atoms with van der Waals surface area (Å²) in [4.78, 5) is 24.2. The van der Waals surface area contributed by atoms with Gasteiger partial charge in [-0.1, -0.05) is 29.8 Å². The molecule has 2 aliphatic carbocycles. The fourth-order valence-electron chi connectivity index (χ4n) is 4.09. The van der Waals surface area contributed by atoms with Gasteiger partial charge in [-0.2, -0.15) is 5.10 Å². The maximum absolute atomic E-state index is 13.9. The molecule has 1 heterocycles. The van der Waals surface area contributed by atoms with E-state index in [0.29, 0.717) is 22.8 Å². The van der Waals surface area contributed by atoms with E-state index in [1.165, 1.54) is 16.8 Å². The maximum atomic E-state index is 13.9. The highest BCUT2D eigenvalue weighted by Gasteiger charge is 2.51. The van der Waals surface area contributed by atoms with Crippen molar-refractivity contribution in [1.29, 1.82) is 0 Å². The second-order valence-corrected chi connectivity index (χ2v) is 7.33. The van der Waals surface area contributed by atoms with Gasteiger partial charge in [0.15, 0.2) is 5.82 Å². The third-order valence-electron chi connectivity index (χ3n) is 5.32. The Kier molecular flexibility index (Phi) is 4.47. The van der Waals surface area contributed by atoms with Gasteiger partial charge in [-0.15, -0.1) is 0 Å². The maximum Gasteiger partial charge on any atom is 0.307 e. The number of aliphatic carboxylic acids is 1. The number of hydrogen-bond donors (Lipinski definition) is 2. The third kappa shape index (κ3) is 3.23. The Labute approximate surface area is 159 Å². The van der Waals surface area contributed by atoms with Gasteiger partial charge in [0, 0.05) is 22.8 Å². The number of benzene rings is 1. The molecule has 2 aliphatic rings. The first-order valence-electron chi connectivity index (χ1n) is 8.62. The first kappa shape index (κ1) is 17.7. The van der Waals surface area contributed by atoms with Crippen molar-refractivity contribution in [3.63, 3.8) is 0 Å². The van der Waals surface area contributed by atoms with E-state index in [9.17, 15) is 19.1 Å². The summed E-state index contributed by atoms with van der Waals surface area (Å²) in [7, 11) is 0. The standard InChI is InChI=1S/C19H17ClFN3O3/c20-13-2-1-3-14(21)12(13)9-24-7-6-15(23-24)22-18(25)16-10-4-5-11(8-10)17(16)19(26)27/h1-7,10-11,16-17H,8-9H2,(H,26,27)(H,22,23,25)/t10-,11-,16+,17+/m0/s1. The molecule has 1 aromatic heterocycles. The van der Waals surface area contributed by atoms with Crippen LogP contribution < -0.4 is 5.32 Å². The number of nitrogens with zero attached hydrogens (tertiary/aromatic N) is 2. The highest BCUT2D eigenvalue weighted by Crippen LogP contribution is 2.48. The molecule has 2 aromatic rings. The van der Waals surface area contributed by atoms with Crippen molar-refractivity contribution in [1.82, 2.24) is 9.78 Å². The van der Waals surface area contributed by atoms with Crippen LogP contribution in [0.1, 0.15) is 12.0 Å². The van der Waals surface area contributed by atoms with Crippen molar-refractivity contribution in [2.45, 2.75) is 13.0 Å². The van der Waals surface area contributed by atoms with Gasteiger partial charge in [-0.25, -0.2) is 4.39 Å². The van der Waals surface area contributed by atoms with Crippen LogP contribution in [0.5, 0.6) is 0 Å². The summed E-state index contributed by atoms with van der Waals surface area (Å²) in [5.41, 5.74) is 0.310. The molecule has 2 N–H and O–H groups in total. The van der Waals surface area contributed by atoms with Gasteiger partial charge in [0.2, 0.25) is 5.91 Å². The Balaban J connectivity index is 1.47. The largest absolute Gasteiger partial charge is 0.481 e. The molecule has 4 rings (SSSR count). The molecule has 0 radical (unpaired) electrons. The molecular weight excluding hydrogens is 373 g/mol. The average molecular weight is 390 g/mol. The van der Waals surface area contributed by atoms with Gasteiger partial charge < -0.3 is 10.4 Å². The minimum Gasteiger partial charge on any atom is -0.481 e. The fraction of sp³-hybridized carbons (Fsp3) is 0.316. The first-order valence-corrected chi connectivity index (χ1v) is 9.00. The Morgan fingerprint density at radius 2 is 2.00 bits per heavy atom. The Bertz CT molecular complexity index is 922. The van der Waals surface area contributed by atoms with Crippen LogP contribution in [0.15, 0.2) is 42.6 Å². The van der Waals surface area contributed by atoms with Crippen LogP contribution in [0.25, 0.3) is 0 Å². The van der Waals surface area contributed by atoms with Crippen LogP contribution >= 0.6 is 11.6 Å². The fourth-order valence-corrected chi connectivity index (χ4v) is 4.31. The van der Waals surface area contributed by atoms with E-state index in [1.807, 2.05) is 12.2 Å². The van der Waals surface area contributed by atoms with E-state index < -0.39 is 23.6 Å². The molecule has 4 atom stereocenters. The highest BCUT2D eigenvalue weighted by atomic mass is 35.5. The normalized spacial score (nSPS) is 25.7. The Morgan fingerprint density at radius 1 is 1.26 bits per heavy atom. The van der Waals surface area contributed by atoms with E-state index in [0.717, 1.165) is 0 Å². The summed E-state index contributed by atoms with van der Waals surface area (Å²) in [5.74, 6) is -2.91. The van der Waals surface area contributed by atoms with Crippen LogP contribution in [0.2, 0.25) is 5.02 Å². The van der Waals surface area contributed by atoms with E-state index >= 15 is 0 Å². The molecule has 0 saturated heterocycles. The van der Waals surface area contributed by atoms with E-state index in [4.69, 9.17) is 11.6 Å². The number of hydrogen-bond acceptors (Lipinski definition) is 3. The monoisotopic (exact) mass is 389 g/mol. The predicted molar refractivity (Wildman–Crippen MR) is 96.7 cm³/mol. The third-order valence-corrected chi connectivity index (χ3v) is 5.68. The zero-order chi connectivity index (χ0) is 19.1. The van der Waals surface area contributed by atoms with Crippen LogP contribution in [-0.4, -0.2) is 26.8 Å². The van der Waals surface area contributed by atoms with Crippen LogP contribution in [0.4, 0.5) is 10.2 Å². The number of rotatable bonds is 5. The summed E-state index contributed by atoms with van der Waals surface area (Å²) < 4.78 is 15.4. The summed E-state index contributed by atoms with van der Waals surface area (Å²) in [6.07, 6.45) is 6.11. The number of carboxylic acid groups (broad SMARTS) is 1. The number of halogens is 2. The highest BCUT2D eigenvalue weighted by molar-refractivity contribution is 6.31.